The van der Waals surface area contributed by atoms with E-state index in [0.29, 0.717) is 26.2 Å². The lowest BCUT2D eigenvalue weighted by atomic mass is 10.1. The molecule has 0 atom stereocenters. The Balaban J connectivity index is 1.24. The second kappa shape index (κ2) is 8.96. The van der Waals surface area contributed by atoms with Gasteiger partial charge in [0.25, 0.3) is 0 Å². The van der Waals surface area contributed by atoms with Crippen molar-refractivity contribution in [3.8, 4) is 0 Å². The number of nitrogens with zero attached hydrogens (tertiary/aromatic N) is 5. The smallest absolute Gasteiger partial charge is 0.317 e. The predicted molar refractivity (Wildman–Crippen MR) is 113 cm³/mol. The number of rotatable bonds is 5. The first-order valence-electron chi connectivity index (χ1n) is 9.61. The first-order valence-corrected chi connectivity index (χ1v) is 9.99. The van der Waals surface area contributed by atoms with Crippen LogP contribution in [0.25, 0.3) is 0 Å². The number of amides is 2. The molecule has 29 heavy (non-hydrogen) atoms. The van der Waals surface area contributed by atoms with Crippen molar-refractivity contribution in [3.63, 3.8) is 0 Å². The zero-order chi connectivity index (χ0) is 20.1. The quantitative estimate of drug-likeness (QED) is 0.702. The SMILES string of the molecule is O=C(NCc1ccc(Cn2cncn2)cc1)N1CCN(c2cccc(Cl)c2)CC1. The number of nitrogens with one attached hydrogen (secondary N) is 1. The largest absolute Gasteiger partial charge is 0.368 e. The lowest BCUT2D eigenvalue weighted by Gasteiger charge is -2.36. The number of anilines is 1. The number of carbonyl (C=O) groups is 1. The van der Waals surface area contributed by atoms with E-state index < -0.39 is 0 Å². The van der Waals surface area contributed by atoms with E-state index in [0.717, 1.165) is 34.9 Å². The molecule has 0 bridgehead atoms. The van der Waals surface area contributed by atoms with Crippen molar-refractivity contribution in [3.05, 3.63) is 77.3 Å². The first-order chi connectivity index (χ1) is 14.2. The van der Waals surface area contributed by atoms with E-state index in [-0.39, 0.29) is 6.03 Å². The maximum atomic E-state index is 12.5. The Kier molecular flexibility index (Phi) is 5.95. The van der Waals surface area contributed by atoms with Gasteiger partial charge in [-0.3, -0.25) is 0 Å². The highest BCUT2D eigenvalue weighted by atomic mass is 35.5. The molecule has 1 N–H and O–H groups in total. The summed E-state index contributed by atoms with van der Waals surface area (Å²) in [6.45, 7) is 4.17. The van der Waals surface area contributed by atoms with Gasteiger partial charge in [0.15, 0.2) is 0 Å². The van der Waals surface area contributed by atoms with Gasteiger partial charge in [-0.05, 0) is 29.3 Å². The van der Waals surface area contributed by atoms with Crippen LogP contribution in [-0.4, -0.2) is 51.9 Å². The second-order valence-electron chi connectivity index (χ2n) is 7.02. The highest BCUT2D eigenvalue weighted by Crippen LogP contribution is 2.20. The average Bonchev–Trinajstić information content (AvgIpc) is 3.26. The summed E-state index contributed by atoms with van der Waals surface area (Å²) in [6.07, 6.45) is 3.22. The van der Waals surface area contributed by atoms with Crippen molar-refractivity contribution < 1.29 is 4.79 Å². The zero-order valence-corrected chi connectivity index (χ0v) is 16.8. The molecule has 150 valence electrons. The Hall–Kier alpha value is -3.06. The number of aromatic nitrogens is 3. The fourth-order valence-corrected chi connectivity index (χ4v) is 3.58. The van der Waals surface area contributed by atoms with Gasteiger partial charge >= 0.3 is 6.03 Å². The van der Waals surface area contributed by atoms with E-state index in [9.17, 15) is 4.79 Å². The summed E-state index contributed by atoms with van der Waals surface area (Å²) in [5.74, 6) is 0. The molecule has 0 spiro atoms. The molecule has 0 saturated carbocycles. The summed E-state index contributed by atoms with van der Waals surface area (Å²) in [5.41, 5.74) is 3.31. The predicted octanol–water partition coefficient (Wildman–Crippen LogP) is 3.01. The van der Waals surface area contributed by atoms with Crippen LogP contribution >= 0.6 is 11.6 Å². The van der Waals surface area contributed by atoms with Crippen LogP contribution in [-0.2, 0) is 13.1 Å². The second-order valence-corrected chi connectivity index (χ2v) is 7.46. The maximum absolute atomic E-state index is 12.5. The van der Waals surface area contributed by atoms with E-state index in [2.05, 4.69) is 20.3 Å². The molecular formula is C21H23ClN6O. The van der Waals surface area contributed by atoms with Crippen molar-refractivity contribution in [2.24, 2.45) is 0 Å². The Morgan fingerprint density at radius 2 is 1.79 bits per heavy atom. The molecule has 1 aliphatic rings. The van der Waals surface area contributed by atoms with Crippen LogP contribution in [0.4, 0.5) is 10.5 Å². The van der Waals surface area contributed by atoms with Gasteiger partial charge < -0.3 is 15.1 Å². The Morgan fingerprint density at radius 1 is 1.03 bits per heavy atom. The Bertz CT molecular complexity index is 936. The van der Waals surface area contributed by atoms with Gasteiger partial charge in [0, 0.05) is 43.4 Å². The van der Waals surface area contributed by atoms with Gasteiger partial charge in [0.2, 0.25) is 0 Å². The Morgan fingerprint density at radius 3 is 2.48 bits per heavy atom. The minimum atomic E-state index is -0.0255. The number of carbonyl (C=O) groups excluding carboxylic acids is 1. The fourth-order valence-electron chi connectivity index (χ4n) is 3.39. The average molecular weight is 411 g/mol. The molecular weight excluding hydrogens is 388 g/mol. The minimum Gasteiger partial charge on any atom is -0.368 e. The fraction of sp³-hybridized carbons (Fsp3) is 0.286. The summed E-state index contributed by atoms with van der Waals surface area (Å²) in [5, 5.41) is 7.86. The third kappa shape index (κ3) is 5.06. The monoisotopic (exact) mass is 410 g/mol. The molecule has 1 aliphatic heterocycles. The first kappa shape index (κ1) is 19.3. The molecule has 3 aromatic rings. The van der Waals surface area contributed by atoms with Gasteiger partial charge in [-0.15, -0.1) is 0 Å². The summed E-state index contributed by atoms with van der Waals surface area (Å²) in [6, 6.07) is 16.0. The lowest BCUT2D eigenvalue weighted by molar-refractivity contribution is 0.194. The van der Waals surface area contributed by atoms with E-state index >= 15 is 0 Å². The third-order valence-corrected chi connectivity index (χ3v) is 5.25. The third-order valence-electron chi connectivity index (χ3n) is 5.02. The molecule has 7 nitrogen and oxygen atoms in total. The normalized spacial score (nSPS) is 14.1. The van der Waals surface area contributed by atoms with Crippen LogP contribution in [0.1, 0.15) is 11.1 Å². The van der Waals surface area contributed by atoms with E-state index in [1.54, 1.807) is 11.0 Å². The molecule has 2 aromatic carbocycles. The number of hydrogen-bond donors (Lipinski definition) is 1. The molecule has 1 fully saturated rings. The van der Waals surface area contributed by atoms with Gasteiger partial charge in [-0.2, -0.15) is 5.10 Å². The van der Waals surface area contributed by atoms with Crippen LogP contribution < -0.4 is 10.2 Å². The van der Waals surface area contributed by atoms with Crippen LogP contribution in [0.15, 0.2) is 61.2 Å². The van der Waals surface area contributed by atoms with E-state index in [1.807, 2.05) is 53.4 Å². The number of hydrogen-bond acceptors (Lipinski definition) is 4. The van der Waals surface area contributed by atoms with Crippen molar-refractivity contribution in [1.29, 1.82) is 0 Å². The highest BCUT2D eigenvalue weighted by molar-refractivity contribution is 6.30. The molecule has 1 aromatic heterocycles. The molecule has 4 rings (SSSR count). The Labute approximate surface area is 174 Å². The molecule has 2 heterocycles. The van der Waals surface area contributed by atoms with Crippen LogP contribution in [0.2, 0.25) is 5.02 Å². The van der Waals surface area contributed by atoms with Crippen molar-refractivity contribution in [2.45, 2.75) is 13.1 Å². The summed E-state index contributed by atoms with van der Waals surface area (Å²) in [7, 11) is 0. The minimum absolute atomic E-state index is 0.0255. The molecule has 2 amide bonds. The van der Waals surface area contributed by atoms with Gasteiger partial charge in [-0.1, -0.05) is 41.9 Å². The molecule has 0 radical (unpaired) electrons. The molecule has 0 aliphatic carbocycles. The molecule has 8 heteroatoms. The number of urea groups is 1. The summed E-state index contributed by atoms with van der Waals surface area (Å²) in [4.78, 5) is 20.6. The van der Waals surface area contributed by atoms with Crippen LogP contribution in [0, 0.1) is 0 Å². The summed E-state index contributed by atoms with van der Waals surface area (Å²) >= 11 is 6.08. The lowest BCUT2D eigenvalue weighted by Crippen LogP contribution is -2.51. The number of piperazine rings is 1. The van der Waals surface area contributed by atoms with Crippen molar-refractivity contribution in [1.82, 2.24) is 25.0 Å². The topological polar surface area (TPSA) is 66.3 Å². The highest BCUT2D eigenvalue weighted by Gasteiger charge is 2.21. The van der Waals surface area contributed by atoms with Gasteiger partial charge in [0.1, 0.15) is 12.7 Å². The number of halogens is 1. The maximum Gasteiger partial charge on any atom is 0.317 e. The van der Waals surface area contributed by atoms with Crippen molar-refractivity contribution in [2.75, 3.05) is 31.1 Å². The van der Waals surface area contributed by atoms with Gasteiger partial charge in [0.05, 0.1) is 6.54 Å². The number of benzene rings is 2. The zero-order valence-electron chi connectivity index (χ0n) is 16.0. The summed E-state index contributed by atoms with van der Waals surface area (Å²) < 4.78 is 1.78. The molecule has 1 saturated heterocycles. The van der Waals surface area contributed by atoms with Gasteiger partial charge in [-0.25, -0.2) is 14.5 Å². The molecule has 0 unspecified atom stereocenters. The van der Waals surface area contributed by atoms with Crippen molar-refractivity contribution >= 4 is 23.3 Å². The van der Waals surface area contributed by atoms with E-state index in [1.165, 1.54) is 6.33 Å². The van der Waals surface area contributed by atoms with Crippen LogP contribution in [0.3, 0.4) is 0 Å². The van der Waals surface area contributed by atoms with E-state index in [4.69, 9.17) is 11.6 Å². The standard InChI is InChI=1S/C21H23ClN6O/c22-19-2-1-3-20(12-19)26-8-10-27(11-9-26)21(29)24-13-17-4-6-18(7-5-17)14-28-16-23-15-25-28/h1-7,12,15-16H,8-11,13-14H2,(H,24,29). The van der Waals surface area contributed by atoms with Crippen LogP contribution in [0.5, 0.6) is 0 Å².